The Balaban J connectivity index is 2.29. The molecule has 1 fully saturated rings. The Labute approximate surface area is 109 Å². The number of aromatic amines is 1. The molecule has 1 N–H and O–H groups in total. The molecule has 1 heterocycles. The second-order valence-electron chi connectivity index (χ2n) is 4.33. The molecule has 0 aromatic carbocycles. The highest BCUT2D eigenvalue weighted by Gasteiger charge is 2.22. The number of aromatic nitrogens is 2. The quantitative estimate of drug-likeness (QED) is 0.930. The highest BCUT2D eigenvalue weighted by Crippen LogP contribution is 2.35. The molecule has 2 rings (SSSR count). The maximum absolute atomic E-state index is 11.8. The van der Waals surface area contributed by atoms with Gasteiger partial charge in [0.25, 0.3) is 5.56 Å². The first-order valence-electron chi connectivity index (χ1n) is 6.08. The molecule has 0 atom stereocenters. The third-order valence-corrected chi connectivity index (χ3v) is 3.89. The normalized spacial score (nSPS) is 16.6. The number of nitrogens with zero attached hydrogens (tertiary/aromatic N) is 1. The fourth-order valence-electron chi connectivity index (χ4n) is 2.26. The van der Waals surface area contributed by atoms with Gasteiger partial charge in [0.15, 0.2) is 0 Å². The molecule has 1 aromatic rings. The molecule has 0 spiro atoms. The van der Waals surface area contributed by atoms with Gasteiger partial charge in [-0.25, -0.2) is 4.98 Å². The van der Waals surface area contributed by atoms with Crippen LogP contribution in [0.4, 0.5) is 0 Å². The van der Waals surface area contributed by atoms with Crippen molar-refractivity contribution in [3.63, 3.8) is 0 Å². The van der Waals surface area contributed by atoms with Crippen molar-refractivity contribution in [1.29, 1.82) is 0 Å². The second kappa shape index (κ2) is 5.78. The molecule has 0 unspecified atom stereocenters. The van der Waals surface area contributed by atoms with Crippen LogP contribution in [0.1, 0.15) is 50.0 Å². The van der Waals surface area contributed by atoms with E-state index in [1.165, 1.54) is 12.8 Å². The average molecular weight is 301 g/mol. The van der Waals surface area contributed by atoms with Crippen molar-refractivity contribution >= 4 is 15.9 Å². The SMILES string of the molecule is CCOCc1nc(C2CCCC2)c(Br)c(=O)[nH]1. The number of hydrogen-bond acceptors (Lipinski definition) is 3. The van der Waals surface area contributed by atoms with E-state index in [2.05, 4.69) is 25.9 Å². The highest BCUT2D eigenvalue weighted by molar-refractivity contribution is 9.10. The number of rotatable bonds is 4. The van der Waals surface area contributed by atoms with Crippen LogP contribution in [0.15, 0.2) is 9.27 Å². The van der Waals surface area contributed by atoms with E-state index in [1.54, 1.807) is 0 Å². The van der Waals surface area contributed by atoms with Crippen LogP contribution in [0.25, 0.3) is 0 Å². The number of H-pyrrole nitrogens is 1. The lowest BCUT2D eigenvalue weighted by atomic mass is 10.0. The van der Waals surface area contributed by atoms with Gasteiger partial charge < -0.3 is 9.72 Å². The Morgan fingerprint density at radius 3 is 2.82 bits per heavy atom. The van der Waals surface area contributed by atoms with E-state index in [0.717, 1.165) is 18.5 Å². The molecule has 0 aliphatic heterocycles. The fraction of sp³-hybridized carbons (Fsp3) is 0.667. The maximum Gasteiger partial charge on any atom is 0.265 e. The van der Waals surface area contributed by atoms with Crippen LogP contribution in [-0.2, 0) is 11.3 Å². The minimum atomic E-state index is -0.100. The summed E-state index contributed by atoms with van der Waals surface area (Å²) in [4.78, 5) is 19.0. The summed E-state index contributed by atoms with van der Waals surface area (Å²) in [6.45, 7) is 2.92. The van der Waals surface area contributed by atoms with Gasteiger partial charge >= 0.3 is 0 Å². The van der Waals surface area contributed by atoms with E-state index in [-0.39, 0.29) is 5.56 Å². The lowest BCUT2D eigenvalue weighted by molar-refractivity contribution is 0.128. The monoisotopic (exact) mass is 300 g/mol. The average Bonchev–Trinajstić information content (AvgIpc) is 2.84. The fourth-order valence-corrected chi connectivity index (χ4v) is 2.77. The Morgan fingerprint density at radius 1 is 1.47 bits per heavy atom. The van der Waals surface area contributed by atoms with E-state index in [4.69, 9.17) is 4.74 Å². The summed E-state index contributed by atoms with van der Waals surface area (Å²) < 4.78 is 5.87. The van der Waals surface area contributed by atoms with Crippen molar-refractivity contribution in [3.05, 3.63) is 26.3 Å². The number of nitrogens with one attached hydrogen (secondary N) is 1. The molecular weight excluding hydrogens is 284 g/mol. The van der Waals surface area contributed by atoms with Crippen molar-refractivity contribution in [2.75, 3.05) is 6.61 Å². The van der Waals surface area contributed by atoms with Crippen LogP contribution in [0.5, 0.6) is 0 Å². The zero-order chi connectivity index (χ0) is 12.3. The summed E-state index contributed by atoms with van der Waals surface area (Å²) >= 11 is 3.35. The van der Waals surface area contributed by atoms with E-state index >= 15 is 0 Å². The molecule has 4 nitrogen and oxygen atoms in total. The van der Waals surface area contributed by atoms with Crippen molar-refractivity contribution in [2.24, 2.45) is 0 Å². The first kappa shape index (κ1) is 12.8. The lowest BCUT2D eigenvalue weighted by Crippen LogP contribution is -2.17. The molecule has 1 saturated carbocycles. The predicted octanol–water partition coefficient (Wildman–Crippen LogP) is 2.73. The summed E-state index contributed by atoms with van der Waals surface area (Å²) in [5.41, 5.74) is 0.803. The van der Waals surface area contributed by atoms with E-state index < -0.39 is 0 Å². The van der Waals surface area contributed by atoms with Gasteiger partial charge in [0.05, 0.1) is 5.69 Å². The third-order valence-electron chi connectivity index (χ3n) is 3.12. The summed E-state index contributed by atoms with van der Waals surface area (Å²) in [5.74, 6) is 1.05. The molecule has 1 aromatic heterocycles. The van der Waals surface area contributed by atoms with Gasteiger partial charge in [-0.05, 0) is 35.7 Å². The Morgan fingerprint density at radius 2 is 2.18 bits per heavy atom. The van der Waals surface area contributed by atoms with Gasteiger partial charge in [0.2, 0.25) is 0 Å². The summed E-state index contributed by atoms with van der Waals surface area (Å²) in [7, 11) is 0. The summed E-state index contributed by atoms with van der Waals surface area (Å²) in [6.07, 6.45) is 4.71. The van der Waals surface area contributed by atoms with Crippen LogP contribution in [0.3, 0.4) is 0 Å². The summed E-state index contributed by atoms with van der Waals surface area (Å²) in [5, 5.41) is 0. The maximum atomic E-state index is 11.8. The first-order chi connectivity index (χ1) is 8.22. The van der Waals surface area contributed by atoms with Crippen molar-refractivity contribution in [1.82, 2.24) is 9.97 Å². The van der Waals surface area contributed by atoms with Crippen molar-refractivity contribution in [3.8, 4) is 0 Å². The van der Waals surface area contributed by atoms with Crippen LogP contribution in [0.2, 0.25) is 0 Å². The minimum absolute atomic E-state index is 0.100. The Kier molecular flexibility index (Phi) is 4.34. The zero-order valence-electron chi connectivity index (χ0n) is 9.96. The molecule has 17 heavy (non-hydrogen) atoms. The number of hydrogen-bond donors (Lipinski definition) is 1. The molecule has 0 amide bonds. The van der Waals surface area contributed by atoms with Crippen LogP contribution < -0.4 is 5.56 Å². The van der Waals surface area contributed by atoms with Crippen molar-refractivity contribution < 1.29 is 4.74 Å². The van der Waals surface area contributed by atoms with E-state index in [1.807, 2.05) is 6.92 Å². The Hall–Kier alpha value is -0.680. The van der Waals surface area contributed by atoms with Crippen LogP contribution in [0, 0.1) is 0 Å². The molecule has 94 valence electrons. The molecule has 5 heteroatoms. The topological polar surface area (TPSA) is 55.0 Å². The smallest absolute Gasteiger partial charge is 0.265 e. The molecule has 1 aliphatic carbocycles. The largest absolute Gasteiger partial charge is 0.374 e. The standard InChI is InChI=1S/C12H17BrN2O2/c1-2-17-7-9-14-11(8-5-3-4-6-8)10(13)12(16)15-9/h8H,2-7H2,1H3,(H,14,15,16). The number of ether oxygens (including phenoxy) is 1. The van der Waals surface area contributed by atoms with Gasteiger partial charge in [-0.2, -0.15) is 0 Å². The Bertz CT molecular complexity index is 439. The summed E-state index contributed by atoms with van der Waals surface area (Å²) in [6, 6.07) is 0. The van der Waals surface area contributed by atoms with E-state index in [0.29, 0.717) is 29.4 Å². The molecule has 0 radical (unpaired) electrons. The second-order valence-corrected chi connectivity index (χ2v) is 5.12. The zero-order valence-corrected chi connectivity index (χ0v) is 11.5. The van der Waals surface area contributed by atoms with Crippen LogP contribution >= 0.6 is 15.9 Å². The van der Waals surface area contributed by atoms with Gasteiger partial charge in [0.1, 0.15) is 16.9 Å². The van der Waals surface area contributed by atoms with Gasteiger partial charge in [-0.1, -0.05) is 12.8 Å². The number of halogens is 1. The minimum Gasteiger partial charge on any atom is -0.374 e. The predicted molar refractivity (Wildman–Crippen MR) is 69.1 cm³/mol. The third kappa shape index (κ3) is 2.96. The van der Waals surface area contributed by atoms with Crippen molar-refractivity contribution in [2.45, 2.75) is 45.1 Å². The molecular formula is C12H17BrN2O2. The van der Waals surface area contributed by atoms with Gasteiger partial charge in [-0.3, -0.25) is 4.79 Å². The van der Waals surface area contributed by atoms with E-state index in [9.17, 15) is 4.79 Å². The lowest BCUT2D eigenvalue weighted by Gasteiger charge is -2.11. The van der Waals surface area contributed by atoms with Gasteiger partial charge in [-0.15, -0.1) is 0 Å². The highest BCUT2D eigenvalue weighted by atomic mass is 79.9. The van der Waals surface area contributed by atoms with Gasteiger partial charge in [0, 0.05) is 12.5 Å². The first-order valence-corrected chi connectivity index (χ1v) is 6.88. The van der Waals surface area contributed by atoms with Crippen LogP contribution in [-0.4, -0.2) is 16.6 Å². The molecule has 0 bridgehead atoms. The molecule has 1 aliphatic rings. The molecule has 0 saturated heterocycles.